The predicted octanol–water partition coefficient (Wildman–Crippen LogP) is 2.71. The number of rotatable bonds is 7. The van der Waals surface area contributed by atoms with E-state index in [2.05, 4.69) is 29.4 Å². The summed E-state index contributed by atoms with van der Waals surface area (Å²) in [7, 11) is 0. The second kappa shape index (κ2) is 13.2. The number of aliphatic imine (C=N–C) groups is 1. The number of nitrogens with one attached hydrogen (secondary N) is 2. The maximum Gasteiger partial charge on any atom is 0.191 e. The number of nitrogens with zero attached hydrogens (tertiary/aromatic N) is 2. The first-order chi connectivity index (χ1) is 11.3. The third kappa shape index (κ3) is 8.85. The number of hydrogen-bond acceptors (Lipinski definition) is 3. The molecule has 0 spiro atoms. The van der Waals surface area contributed by atoms with Gasteiger partial charge in [0, 0.05) is 32.7 Å². The molecule has 0 atom stereocenters. The number of guanidine groups is 1. The molecule has 1 aliphatic carbocycles. The highest BCUT2D eigenvalue weighted by Crippen LogP contribution is 2.28. The summed E-state index contributed by atoms with van der Waals surface area (Å²) in [6.07, 6.45) is 6.61. The van der Waals surface area contributed by atoms with Crippen LogP contribution in [0.1, 0.15) is 46.0 Å². The fourth-order valence-electron chi connectivity index (χ4n) is 3.41. The number of halogens is 1. The zero-order valence-electron chi connectivity index (χ0n) is 15.6. The number of morpholine rings is 1. The summed E-state index contributed by atoms with van der Waals surface area (Å²) in [5.74, 6) is 2.70. The average molecular weight is 452 g/mol. The Hall–Kier alpha value is -0.0800. The summed E-state index contributed by atoms with van der Waals surface area (Å²) < 4.78 is 5.39. The quantitative estimate of drug-likeness (QED) is 0.270. The van der Waals surface area contributed by atoms with E-state index in [1.165, 1.54) is 25.7 Å². The zero-order chi connectivity index (χ0) is 16.3. The van der Waals surface area contributed by atoms with E-state index in [-0.39, 0.29) is 24.0 Å². The van der Waals surface area contributed by atoms with E-state index in [1.54, 1.807) is 0 Å². The molecule has 2 rings (SSSR count). The van der Waals surface area contributed by atoms with Gasteiger partial charge in [0.15, 0.2) is 5.96 Å². The molecule has 2 N–H and O–H groups in total. The molecule has 1 saturated carbocycles. The Bertz CT molecular complexity index is 340. The normalized spacial score (nSPS) is 25.8. The number of ether oxygens (including phenoxy) is 1. The van der Waals surface area contributed by atoms with Gasteiger partial charge in [-0.25, -0.2) is 0 Å². The molecular weight excluding hydrogens is 415 g/mol. The van der Waals surface area contributed by atoms with Crippen molar-refractivity contribution in [2.45, 2.75) is 46.0 Å². The van der Waals surface area contributed by atoms with Gasteiger partial charge < -0.3 is 15.4 Å². The van der Waals surface area contributed by atoms with Crippen LogP contribution in [-0.4, -0.2) is 63.3 Å². The Kier molecular flexibility index (Phi) is 12.0. The van der Waals surface area contributed by atoms with Gasteiger partial charge in [-0.15, -0.1) is 24.0 Å². The first-order valence-corrected chi connectivity index (χ1v) is 9.60. The predicted molar refractivity (Wildman–Crippen MR) is 112 cm³/mol. The molecule has 24 heavy (non-hydrogen) atoms. The van der Waals surface area contributed by atoms with Crippen LogP contribution in [0.5, 0.6) is 0 Å². The molecule has 2 aliphatic rings. The second-order valence-corrected chi connectivity index (χ2v) is 7.08. The molecule has 0 aromatic rings. The third-order valence-corrected chi connectivity index (χ3v) is 5.03. The Labute approximate surface area is 165 Å². The van der Waals surface area contributed by atoms with Gasteiger partial charge in [-0.05, 0) is 44.6 Å². The molecule has 0 aromatic heterocycles. The largest absolute Gasteiger partial charge is 0.379 e. The summed E-state index contributed by atoms with van der Waals surface area (Å²) in [5.41, 5.74) is 0. The first kappa shape index (κ1) is 22.0. The highest BCUT2D eigenvalue weighted by atomic mass is 127. The maximum absolute atomic E-state index is 5.39. The van der Waals surface area contributed by atoms with Crippen LogP contribution in [0, 0.1) is 11.8 Å². The molecule has 6 heteroatoms. The maximum atomic E-state index is 5.39. The van der Waals surface area contributed by atoms with Crippen LogP contribution in [0.4, 0.5) is 0 Å². The minimum absolute atomic E-state index is 0. The minimum atomic E-state index is 0. The second-order valence-electron chi connectivity index (χ2n) is 7.08. The molecule has 0 unspecified atom stereocenters. The van der Waals surface area contributed by atoms with E-state index in [4.69, 9.17) is 9.73 Å². The SMILES string of the molecule is CCNC(=NCC1CCC(C)CC1)NCCCN1CCOCC1.I. The van der Waals surface area contributed by atoms with Gasteiger partial charge in [-0.1, -0.05) is 19.8 Å². The van der Waals surface area contributed by atoms with Crippen LogP contribution in [0.2, 0.25) is 0 Å². The van der Waals surface area contributed by atoms with Gasteiger partial charge in [-0.3, -0.25) is 9.89 Å². The fourth-order valence-corrected chi connectivity index (χ4v) is 3.41. The lowest BCUT2D eigenvalue weighted by atomic mass is 9.83. The molecule has 1 aliphatic heterocycles. The summed E-state index contributed by atoms with van der Waals surface area (Å²) in [6, 6.07) is 0. The Morgan fingerprint density at radius 3 is 2.50 bits per heavy atom. The van der Waals surface area contributed by atoms with Crippen molar-refractivity contribution >= 4 is 29.9 Å². The van der Waals surface area contributed by atoms with Gasteiger partial charge in [-0.2, -0.15) is 0 Å². The van der Waals surface area contributed by atoms with Crippen molar-refractivity contribution in [3.8, 4) is 0 Å². The van der Waals surface area contributed by atoms with Crippen molar-refractivity contribution in [3.05, 3.63) is 0 Å². The number of hydrogen-bond donors (Lipinski definition) is 2. The van der Waals surface area contributed by atoms with Crippen LogP contribution >= 0.6 is 24.0 Å². The lowest BCUT2D eigenvalue weighted by Gasteiger charge is -2.26. The molecule has 1 saturated heterocycles. The van der Waals surface area contributed by atoms with Crippen molar-refractivity contribution in [2.24, 2.45) is 16.8 Å². The smallest absolute Gasteiger partial charge is 0.191 e. The summed E-state index contributed by atoms with van der Waals surface area (Å²) >= 11 is 0. The van der Waals surface area contributed by atoms with Crippen LogP contribution in [0.15, 0.2) is 4.99 Å². The third-order valence-electron chi connectivity index (χ3n) is 5.03. The van der Waals surface area contributed by atoms with Crippen molar-refractivity contribution in [1.82, 2.24) is 15.5 Å². The molecule has 1 heterocycles. The fraction of sp³-hybridized carbons (Fsp3) is 0.944. The van der Waals surface area contributed by atoms with Crippen molar-refractivity contribution in [1.29, 1.82) is 0 Å². The lowest BCUT2D eigenvalue weighted by molar-refractivity contribution is 0.0376. The summed E-state index contributed by atoms with van der Waals surface area (Å²) in [5, 5.41) is 6.86. The molecule has 142 valence electrons. The first-order valence-electron chi connectivity index (χ1n) is 9.60. The van der Waals surface area contributed by atoms with Gasteiger partial charge in [0.1, 0.15) is 0 Å². The molecule has 0 aromatic carbocycles. The summed E-state index contributed by atoms with van der Waals surface area (Å²) in [4.78, 5) is 7.29. The topological polar surface area (TPSA) is 48.9 Å². The van der Waals surface area contributed by atoms with Gasteiger partial charge >= 0.3 is 0 Å². The lowest BCUT2D eigenvalue weighted by Crippen LogP contribution is -2.41. The van der Waals surface area contributed by atoms with Crippen molar-refractivity contribution in [3.63, 3.8) is 0 Å². The van der Waals surface area contributed by atoms with Gasteiger partial charge in [0.25, 0.3) is 0 Å². The van der Waals surface area contributed by atoms with E-state index < -0.39 is 0 Å². The molecule has 0 bridgehead atoms. The van der Waals surface area contributed by atoms with Crippen LogP contribution in [-0.2, 0) is 4.74 Å². The highest BCUT2D eigenvalue weighted by Gasteiger charge is 2.17. The Morgan fingerprint density at radius 1 is 1.12 bits per heavy atom. The van der Waals surface area contributed by atoms with E-state index >= 15 is 0 Å². The van der Waals surface area contributed by atoms with Crippen LogP contribution in [0.25, 0.3) is 0 Å². The van der Waals surface area contributed by atoms with Gasteiger partial charge in [0.05, 0.1) is 13.2 Å². The highest BCUT2D eigenvalue weighted by molar-refractivity contribution is 14.0. The van der Waals surface area contributed by atoms with E-state index in [1.807, 2.05) is 0 Å². The minimum Gasteiger partial charge on any atom is -0.379 e. The van der Waals surface area contributed by atoms with Crippen LogP contribution < -0.4 is 10.6 Å². The monoisotopic (exact) mass is 452 g/mol. The van der Waals surface area contributed by atoms with Gasteiger partial charge in [0.2, 0.25) is 0 Å². The average Bonchev–Trinajstić information content (AvgIpc) is 2.59. The summed E-state index contributed by atoms with van der Waals surface area (Å²) in [6.45, 7) is 12.5. The molecule has 5 nitrogen and oxygen atoms in total. The van der Waals surface area contributed by atoms with E-state index in [9.17, 15) is 0 Å². The van der Waals surface area contributed by atoms with E-state index in [0.717, 1.165) is 76.7 Å². The molecule has 0 radical (unpaired) electrons. The van der Waals surface area contributed by atoms with Crippen LogP contribution in [0.3, 0.4) is 0 Å². The molecule has 2 fully saturated rings. The van der Waals surface area contributed by atoms with E-state index in [0.29, 0.717) is 0 Å². The van der Waals surface area contributed by atoms with Crippen molar-refractivity contribution in [2.75, 3.05) is 52.5 Å². The zero-order valence-corrected chi connectivity index (χ0v) is 17.9. The molecule has 0 amide bonds. The molecular formula is C18H37IN4O. The Balaban J connectivity index is 0.00000288. The Morgan fingerprint density at radius 2 is 1.83 bits per heavy atom. The standard InChI is InChI=1S/C18H36N4O.HI/c1-3-19-18(21-15-17-7-5-16(2)6-8-17)20-9-4-10-22-11-13-23-14-12-22;/h16-17H,3-15H2,1-2H3,(H2,19,20,21);1H. The van der Waals surface area contributed by atoms with Crippen molar-refractivity contribution < 1.29 is 4.74 Å².